The number of quaternary nitrogens is 1. The molecule has 0 unspecified atom stereocenters. The molecule has 19 heteroatoms. The van der Waals surface area contributed by atoms with Crippen molar-refractivity contribution in [3.05, 3.63) is 143 Å². The van der Waals surface area contributed by atoms with Gasteiger partial charge in [0.2, 0.25) is 0 Å². The van der Waals surface area contributed by atoms with E-state index >= 15 is 0 Å². The SMILES string of the molecule is COc1ccc(CN(Cc2ccc(OC)cc2)S(=O)(=O)c2cc(CN(C)C)n(C)n2)cc1.COc1ccc(CN(Cc2ccc(OC)cc2)S(=O)(=O)c2cc(C[N+](C)(C)C)n(C)n2)cc1.[I-]. The maximum atomic E-state index is 13.7. The van der Waals surface area contributed by atoms with Crippen LogP contribution >= 0.6 is 0 Å². The summed E-state index contributed by atoms with van der Waals surface area (Å²) in [5.41, 5.74) is 5.10. The van der Waals surface area contributed by atoms with Crippen LogP contribution in [0.1, 0.15) is 33.6 Å². The number of aryl methyl sites for hydroxylation is 2. The van der Waals surface area contributed by atoms with Crippen LogP contribution in [0.5, 0.6) is 23.0 Å². The largest absolute Gasteiger partial charge is 1.00 e. The first-order valence-electron chi connectivity index (χ1n) is 20.8. The number of rotatable bonds is 20. The van der Waals surface area contributed by atoms with E-state index < -0.39 is 20.0 Å². The standard InChI is InChI=1S/C24H33N4O4S.C23H30N4O4S.HI/c1-26-21(18-28(2,3)4)15-24(25-26)33(29,30)27(16-19-7-11-22(31-5)12-8-19)17-20-9-13-23(32-6)14-10-20;1-25(2)17-20-14-23(24-26(20)3)32(28,29)27(15-18-6-10-21(30-4)11-7-18)16-19-8-12-22(31-5)13-9-19;/h7-15H,16-18H2,1-6H3;6-14H,15-17H2,1-5H3;1H/q+1;;/p-1. The van der Waals surface area contributed by atoms with E-state index in [0.717, 1.165) is 56.6 Å². The van der Waals surface area contributed by atoms with Crippen molar-refractivity contribution in [1.29, 1.82) is 0 Å². The molecule has 0 amide bonds. The van der Waals surface area contributed by atoms with Gasteiger partial charge in [0.25, 0.3) is 20.0 Å². The van der Waals surface area contributed by atoms with E-state index in [-0.39, 0.29) is 60.2 Å². The Hall–Kier alpha value is -5.03. The van der Waals surface area contributed by atoms with Crippen molar-refractivity contribution < 1.29 is 64.2 Å². The van der Waals surface area contributed by atoms with Crippen LogP contribution in [0, 0.1) is 0 Å². The zero-order valence-corrected chi connectivity index (χ0v) is 43.5. The molecule has 66 heavy (non-hydrogen) atoms. The second kappa shape index (κ2) is 23.6. The highest BCUT2D eigenvalue weighted by Crippen LogP contribution is 2.26. The summed E-state index contributed by atoms with van der Waals surface area (Å²) in [5, 5.41) is 8.77. The van der Waals surface area contributed by atoms with Gasteiger partial charge in [-0.2, -0.15) is 18.8 Å². The fourth-order valence-electron chi connectivity index (χ4n) is 6.77. The summed E-state index contributed by atoms with van der Waals surface area (Å²) in [6, 6.07) is 32.9. The number of methoxy groups -OCH3 is 4. The normalized spacial score (nSPS) is 11.8. The van der Waals surface area contributed by atoms with Crippen LogP contribution in [0.2, 0.25) is 0 Å². The van der Waals surface area contributed by atoms with Gasteiger partial charge in [0.15, 0.2) is 10.1 Å². The molecule has 6 rings (SSSR count). The topological polar surface area (TPSA) is 151 Å². The van der Waals surface area contributed by atoms with Gasteiger partial charge in [-0.3, -0.25) is 9.36 Å². The molecule has 16 nitrogen and oxygen atoms in total. The lowest BCUT2D eigenvalue weighted by Crippen LogP contribution is -3.00. The van der Waals surface area contributed by atoms with Crippen LogP contribution in [-0.4, -0.2) is 118 Å². The number of benzene rings is 4. The van der Waals surface area contributed by atoms with E-state index in [1.165, 1.54) is 8.61 Å². The molecule has 0 aliphatic rings. The summed E-state index contributed by atoms with van der Waals surface area (Å²) in [7, 11) is 12.3. The molecule has 0 saturated heterocycles. The zero-order valence-electron chi connectivity index (χ0n) is 39.7. The molecule has 2 heterocycles. The molecule has 0 aliphatic carbocycles. The predicted octanol–water partition coefficient (Wildman–Crippen LogP) is 2.93. The fraction of sp³-hybridized carbons (Fsp3) is 0.362. The Morgan fingerprint density at radius 1 is 0.485 bits per heavy atom. The van der Waals surface area contributed by atoms with Gasteiger partial charge < -0.3 is 52.3 Å². The van der Waals surface area contributed by atoms with Crippen LogP contribution in [0.4, 0.5) is 0 Å². The molecule has 0 aliphatic heterocycles. The summed E-state index contributed by atoms with van der Waals surface area (Å²) in [6.45, 7) is 2.08. The van der Waals surface area contributed by atoms with Crippen molar-refractivity contribution in [3.63, 3.8) is 0 Å². The Labute approximate surface area is 408 Å². The number of sulfonamides is 2. The van der Waals surface area contributed by atoms with Crippen molar-refractivity contribution in [2.75, 3.05) is 63.7 Å². The van der Waals surface area contributed by atoms with Gasteiger partial charge in [-0.05, 0) is 84.9 Å². The van der Waals surface area contributed by atoms with Crippen molar-refractivity contribution in [1.82, 2.24) is 33.1 Å². The molecule has 0 saturated carbocycles. The first-order chi connectivity index (χ1) is 30.7. The van der Waals surface area contributed by atoms with Crippen molar-refractivity contribution in [2.45, 2.75) is 49.3 Å². The number of aromatic nitrogens is 4. The van der Waals surface area contributed by atoms with Gasteiger partial charge in [-0.1, -0.05) is 48.5 Å². The van der Waals surface area contributed by atoms with Crippen LogP contribution < -0.4 is 42.9 Å². The van der Waals surface area contributed by atoms with Gasteiger partial charge in [0.05, 0.1) is 61.0 Å². The average molecular weight is 1060 g/mol. The molecular formula is C47H63IN8O8S2. The number of hydrogen-bond donors (Lipinski definition) is 0. The molecule has 0 bridgehead atoms. The number of ether oxygens (including phenoxy) is 4. The molecule has 0 atom stereocenters. The lowest BCUT2D eigenvalue weighted by Gasteiger charge is -2.23. The van der Waals surface area contributed by atoms with E-state index in [9.17, 15) is 16.8 Å². The molecule has 6 aromatic rings. The maximum absolute atomic E-state index is 13.7. The van der Waals surface area contributed by atoms with E-state index in [1.807, 2.05) is 116 Å². The lowest BCUT2D eigenvalue weighted by molar-refractivity contribution is -0.884. The van der Waals surface area contributed by atoms with E-state index in [0.29, 0.717) is 17.6 Å². The summed E-state index contributed by atoms with van der Waals surface area (Å²) >= 11 is 0. The van der Waals surface area contributed by atoms with E-state index in [2.05, 4.69) is 31.3 Å². The molecule has 0 N–H and O–H groups in total. The molecular weight excluding hydrogens is 996 g/mol. The number of hydrogen-bond acceptors (Lipinski definition) is 11. The van der Waals surface area contributed by atoms with Gasteiger partial charge in [-0.25, -0.2) is 16.8 Å². The van der Waals surface area contributed by atoms with Crippen molar-refractivity contribution in [3.8, 4) is 23.0 Å². The third kappa shape index (κ3) is 14.7. The van der Waals surface area contributed by atoms with Gasteiger partial charge in [-0.15, -0.1) is 0 Å². The quantitative estimate of drug-likeness (QED) is 0.0821. The minimum Gasteiger partial charge on any atom is -1.00 e. The van der Waals surface area contributed by atoms with Crippen molar-refractivity contribution >= 4 is 20.0 Å². The summed E-state index contributed by atoms with van der Waals surface area (Å²) in [4.78, 5) is 1.97. The zero-order chi connectivity index (χ0) is 47.5. The van der Waals surface area contributed by atoms with Crippen molar-refractivity contribution in [2.24, 2.45) is 14.1 Å². The molecule has 2 aromatic heterocycles. The monoisotopic (exact) mass is 1060 g/mol. The Bertz CT molecular complexity index is 2570. The lowest BCUT2D eigenvalue weighted by atomic mass is 10.2. The fourth-order valence-corrected chi connectivity index (χ4v) is 9.59. The van der Waals surface area contributed by atoms with E-state index in [4.69, 9.17) is 18.9 Å². The maximum Gasteiger partial charge on any atom is 0.263 e. The van der Waals surface area contributed by atoms with Crippen LogP contribution in [0.3, 0.4) is 0 Å². The van der Waals surface area contributed by atoms with Crippen LogP contribution in [0.15, 0.2) is 119 Å². The number of halogens is 1. The molecule has 0 spiro atoms. The summed E-state index contributed by atoms with van der Waals surface area (Å²) in [6.07, 6.45) is 0. The average Bonchev–Trinajstić information content (AvgIpc) is 3.84. The van der Waals surface area contributed by atoms with Gasteiger partial charge in [0.1, 0.15) is 29.5 Å². The smallest absolute Gasteiger partial charge is 0.263 e. The highest BCUT2D eigenvalue weighted by Gasteiger charge is 2.31. The third-order valence-corrected chi connectivity index (χ3v) is 13.6. The first kappa shape index (κ1) is 53.6. The molecule has 358 valence electrons. The summed E-state index contributed by atoms with van der Waals surface area (Å²) < 4.78 is 82.4. The highest BCUT2D eigenvalue weighted by atomic mass is 127. The Morgan fingerprint density at radius 2 is 0.758 bits per heavy atom. The minimum absolute atomic E-state index is 0. The minimum atomic E-state index is -3.85. The molecule has 4 aromatic carbocycles. The summed E-state index contributed by atoms with van der Waals surface area (Å²) in [5.74, 6) is 2.88. The third-order valence-electron chi connectivity index (χ3n) is 10.3. The molecule has 0 fully saturated rings. The Kier molecular flexibility index (Phi) is 19.2. The number of nitrogens with zero attached hydrogens (tertiary/aromatic N) is 8. The van der Waals surface area contributed by atoms with Crippen LogP contribution in [-0.2, 0) is 73.4 Å². The second-order valence-electron chi connectivity index (χ2n) is 16.8. The van der Waals surface area contributed by atoms with Crippen LogP contribution in [0.25, 0.3) is 0 Å². The predicted molar refractivity (Wildman–Crippen MR) is 250 cm³/mol. The van der Waals surface area contributed by atoms with Gasteiger partial charge in [0, 0.05) is 59.0 Å². The Balaban J connectivity index is 0.000000284. The van der Waals surface area contributed by atoms with Gasteiger partial charge >= 0.3 is 0 Å². The Morgan fingerprint density at radius 3 is 1.02 bits per heavy atom. The highest BCUT2D eigenvalue weighted by molar-refractivity contribution is 7.89. The van der Waals surface area contributed by atoms with E-state index in [1.54, 1.807) is 64.0 Å². The first-order valence-corrected chi connectivity index (χ1v) is 23.7. The molecule has 0 radical (unpaired) electrons. The second-order valence-corrected chi connectivity index (χ2v) is 20.6.